The summed E-state index contributed by atoms with van der Waals surface area (Å²) < 4.78 is 15.8. The smallest absolute Gasteiger partial charge is 0.338 e. The molecule has 7 heteroatoms. The van der Waals surface area contributed by atoms with E-state index in [1.54, 1.807) is 12.1 Å². The molecule has 7 nitrogen and oxygen atoms in total. The van der Waals surface area contributed by atoms with E-state index < -0.39 is 5.97 Å². The number of nitrogens with zero attached hydrogens (tertiary/aromatic N) is 2. The molecule has 3 aromatic rings. The summed E-state index contributed by atoms with van der Waals surface area (Å²) in [5.74, 6) is 0.559. The van der Waals surface area contributed by atoms with Crippen molar-refractivity contribution >= 4 is 5.97 Å². The fraction of sp³-hybridized carbons (Fsp3) is 0.167. The van der Waals surface area contributed by atoms with Crippen LogP contribution in [0.4, 0.5) is 0 Å². The molecule has 1 aromatic heterocycles. The molecule has 0 amide bonds. The summed E-state index contributed by atoms with van der Waals surface area (Å²) in [6.07, 6.45) is 0. The highest BCUT2D eigenvalue weighted by Crippen LogP contribution is 2.27. The van der Waals surface area contributed by atoms with Gasteiger partial charge in [-0.2, -0.15) is 4.98 Å². The van der Waals surface area contributed by atoms with E-state index in [-0.39, 0.29) is 23.8 Å². The van der Waals surface area contributed by atoms with Gasteiger partial charge < -0.3 is 19.1 Å². The number of rotatable bonds is 6. The highest BCUT2D eigenvalue weighted by atomic mass is 16.6. The lowest BCUT2D eigenvalue weighted by Gasteiger charge is -2.06. The van der Waals surface area contributed by atoms with E-state index in [0.29, 0.717) is 23.7 Å². The molecule has 0 fully saturated rings. The quantitative estimate of drug-likeness (QED) is 0.688. The van der Waals surface area contributed by atoms with Gasteiger partial charge >= 0.3 is 5.97 Å². The first kappa shape index (κ1) is 16.5. The maximum atomic E-state index is 11.9. The third-order valence-corrected chi connectivity index (χ3v) is 3.30. The number of hydrogen-bond donors (Lipinski definition) is 1. The first-order valence-corrected chi connectivity index (χ1v) is 7.68. The number of benzene rings is 2. The van der Waals surface area contributed by atoms with Crippen LogP contribution in [0.15, 0.2) is 53.1 Å². The van der Waals surface area contributed by atoms with Gasteiger partial charge in [0.15, 0.2) is 6.61 Å². The Morgan fingerprint density at radius 1 is 1.20 bits per heavy atom. The first-order valence-electron chi connectivity index (χ1n) is 7.68. The second kappa shape index (κ2) is 7.48. The van der Waals surface area contributed by atoms with Crippen molar-refractivity contribution < 1.29 is 23.9 Å². The number of esters is 1. The summed E-state index contributed by atoms with van der Waals surface area (Å²) in [5, 5.41) is 13.3. The normalized spacial score (nSPS) is 10.4. The topological polar surface area (TPSA) is 94.7 Å². The Morgan fingerprint density at radius 2 is 2.04 bits per heavy atom. The summed E-state index contributed by atoms with van der Waals surface area (Å²) in [6.45, 7) is 2.24. The van der Waals surface area contributed by atoms with Crippen molar-refractivity contribution in [3.05, 3.63) is 60.0 Å². The van der Waals surface area contributed by atoms with Crippen molar-refractivity contribution in [1.29, 1.82) is 0 Å². The van der Waals surface area contributed by atoms with Crippen molar-refractivity contribution in [2.45, 2.75) is 13.5 Å². The summed E-state index contributed by atoms with van der Waals surface area (Å²) in [4.78, 5) is 16.2. The molecule has 0 radical (unpaired) electrons. The van der Waals surface area contributed by atoms with E-state index in [2.05, 4.69) is 10.1 Å². The van der Waals surface area contributed by atoms with Gasteiger partial charge in [0, 0.05) is 0 Å². The summed E-state index contributed by atoms with van der Waals surface area (Å²) in [7, 11) is 0. The molecule has 0 aliphatic heterocycles. The van der Waals surface area contributed by atoms with Crippen LogP contribution in [0, 0.1) is 0 Å². The molecule has 128 valence electrons. The number of phenolic OH excluding ortho intramolecular Hbond substituents is 1. The van der Waals surface area contributed by atoms with Crippen LogP contribution in [0.5, 0.6) is 11.5 Å². The molecule has 1 heterocycles. The molecule has 25 heavy (non-hydrogen) atoms. The van der Waals surface area contributed by atoms with E-state index >= 15 is 0 Å². The second-order valence-electron chi connectivity index (χ2n) is 5.07. The van der Waals surface area contributed by atoms with Gasteiger partial charge in [0.25, 0.3) is 5.89 Å². The standard InChI is InChI=1S/C18H16N2O5/c1-2-23-15-9-4-3-8-14(15)17-19-16(25-20-17)11-24-18(22)12-6-5-7-13(21)10-12/h3-10,21H,2,11H2,1H3. The summed E-state index contributed by atoms with van der Waals surface area (Å²) in [5.41, 5.74) is 0.931. The van der Waals surface area contributed by atoms with Crippen LogP contribution < -0.4 is 4.74 Å². The number of para-hydroxylation sites is 1. The monoisotopic (exact) mass is 340 g/mol. The third kappa shape index (κ3) is 3.95. The van der Waals surface area contributed by atoms with Crippen molar-refractivity contribution in [3.63, 3.8) is 0 Å². The molecule has 0 spiro atoms. The van der Waals surface area contributed by atoms with Gasteiger partial charge in [-0.1, -0.05) is 23.4 Å². The zero-order valence-electron chi connectivity index (χ0n) is 13.5. The van der Waals surface area contributed by atoms with Crippen LogP contribution in [-0.4, -0.2) is 27.8 Å². The van der Waals surface area contributed by atoms with Crippen LogP contribution in [0.2, 0.25) is 0 Å². The van der Waals surface area contributed by atoms with Gasteiger partial charge in [-0.15, -0.1) is 0 Å². The molecule has 1 N–H and O–H groups in total. The average molecular weight is 340 g/mol. The molecular weight excluding hydrogens is 324 g/mol. The van der Waals surface area contributed by atoms with Gasteiger partial charge in [-0.25, -0.2) is 4.79 Å². The molecule has 0 aliphatic rings. The van der Waals surface area contributed by atoms with E-state index in [0.717, 1.165) is 0 Å². The molecule has 3 rings (SSSR count). The Labute approximate surface area is 143 Å². The van der Waals surface area contributed by atoms with Gasteiger partial charge in [0.05, 0.1) is 17.7 Å². The molecule has 0 unspecified atom stereocenters. The van der Waals surface area contributed by atoms with Crippen molar-refractivity contribution in [1.82, 2.24) is 10.1 Å². The van der Waals surface area contributed by atoms with Gasteiger partial charge in [-0.05, 0) is 37.3 Å². The van der Waals surface area contributed by atoms with Crippen LogP contribution in [0.25, 0.3) is 11.4 Å². The van der Waals surface area contributed by atoms with Crippen molar-refractivity contribution in [2.75, 3.05) is 6.61 Å². The van der Waals surface area contributed by atoms with E-state index in [1.807, 2.05) is 31.2 Å². The molecule has 0 saturated heterocycles. The van der Waals surface area contributed by atoms with Crippen LogP contribution in [0.3, 0.4) is 0 Å². The Kier molecular flexibility index (Phi) is 4.94. The lowest BCUT2D eigenvalue weighted by molar-refractivity contribution is 0.0429. The predicted molar refractivity (Wildman–Crippen MR) is 88.1 cm³/mol. The van der Waals surface area contributed by atoms with Crippen molar-refractivity contribution in [2.24, 2.45) is 0 Å². The van der Waals surface area contributed by atoms with Crippen LogP contribution >= 0.6 is 0 Å². The van der Waals surface area contributed by atoms with E-state index in [4.69, 9.17) is 14.0 Å². The first-order chi connectivity index (χ1) is 12.2. The Hall–Kier alpha value is -3.35. The second-order valence-corrected chi connectivity index (χ2v) is 5.07. The molecule has 0 atom stereocenters. The third-order valence-electron chi connectivity index (χ3n) is 3.30. The van der Waals surface area contributed by atoms with Crippen LogP contribution in [-0.2, 0) is 11.3 Å². The highest BCUT2D eigenvalue weighted by molar-refractivity contribution is 5.89. The Morgan fingerprint density at radius 3 is 2.84 bits per heavy atom. The van der Waals surface area contributed by atoms with E-state index in [1.165, 1.54) is 12.1 Å². The zero-order chi connectivity index (χ0) is 17.6. The number of aromatic nitrogens is 2. The fourth-order valence-electron chi connectivity index (χ4n) is 2.20. The SMILES string of the molecule is CCOc1ccccc1-c1noc(COC(=O)c2cccc(O)c2)n1. The van der Waals surface area contributed by atoms with E-state index in [9.17, 15) is 9.90 Å². The largest absolute Gasteiger partial charge is 0.508 e. The minimum absolute atomic E-state index is 0.0120. The molecule has 2 aromatic carbocycles. The summed E-state index contributed by atoms with van der Waals surface area (Å²) in [6, 6.07) is 13.2. The molecule has 0 aliphatic carbocycles. The maximum Gasteiger partial charge on any atom is 0.338 e. The minimum Gasteiger partial charge on any atom is -0.508 e. The minimum atomic E-state index is -0.592. The lowest BCUT2D eigenvalue weighted by atomic mass is 10.2. The van der Waals surface area contributed by atoms with Gasteiger partial charge in [0.2, 0.25) is 5.82 Å². The maximum absolute atomic E-state index is 11.9. The molecule has 0 saturated carbocycles. The highest BCUT2D eigenvalue weighted by Gasteiger charge is 2.15. The van der Waals surface area contributed by atoms with Crippen LogP contribution in [0.1, 0.15) is 23.2 Å². The lowest BCUT2D eigenvalue weighted by Crippen LogP contribution is -2.05. The Bertz CT molecular complexity index is 875. The number of ether oxygens (including phenoxy) is 2. The van der Waals surface area contributed by atoms with Gasteiger partial charge in [0.1, 0.15) is 11.5 Å². The predicted octanol–water partition coefficient (Wildman–Crippen LogP) is 3.20. The summed E-state index contributed by atoms with van der Waals surface area (Å²) >= 11 is 0. The fourth-order valence-corrected chi connectivity index (χ4v) is 2.20. The average Bonchev–Trinajstić information content (AvgIpc) is 3.09. The number of hydrogen-bond acceptors (Lipinski definition) is 7. The number of aromatic hydroxyl groups is 1. The number of carbonyl (C=O) groups excluding carboxylic acids is 1. The molecule has 0 bridgehead atoms. The molecular formula is C18H16N2O5. The number of phenols is 1. The van der Waals surface area contributed by atoms with Crippen molar-refractivity contribution in [3.8, 4) is 22.9 Å². The zero-order valence-corrected chi connectivity index (χ0v) is 13.5. The number of carbonyl (C=O) groups is 1. The van der Waals surface area contributed by atoms with Gasteiger partial charge in [-0.3, -0.25) is 0 Å². The Balaban J connectivity index is 1.69.